The second kappa shape index (κ2) is 7.88. The van der Waals surface area contributed by atoms with Gasteiger partial charge in [0.2, 0.25) is 0 Å². The number of thioether (sulfide) groups is 1. The van der Waals surface area contributed by atoms with Gasteiger partial charge in [-0.25, -0.2) is 15.0 Å². The van der Waals surface area contributed by atoms with Crippen LogP contribution in [-0.4, -0.2) is 45.2 Å². The summed E-state index contributed by atoms with van der Waals surface area (Å²) in [6, 6.07) is 0. The molecule has 0 atom stereocenters. The van der Waals surface area contributed by atoms with E-state index in [-0.39, 0.29) is 0 Å². The molecule has 0 saturated carbocycles. The van der Waals surface area contributed by atoms with Crippen molar-refractivity contribution in [3.63, 3.8) is 0 Å². The molecule has 3 aromatic rings. The standard InChI is InChI=1S/C22H28N4S2/c1-14(2)18-16-8-6-7-15(16)17-19-20(28-21(17)25-18)22(24-13-23-19)27-12-11-26-9-4-3-5-10-26/h13-14H,3-12H2,1-2H3. The first-order valence-electron chi connectivity index (χ1n) is 10.7. The maximum Gasteiger partial charge on any atom is 0.126 e. The number of piperidine rings is 1. The maximum absolute atomic E-state index is 5.11. The minimum atomic E-state index is 0.478. The van der Waals surface area contributed by atoms with E-state index in [1.807, 2.05) is 11.8 Å². The van der Waals surface area contributed by atoms with Crippen molar-refractivity contribution in [2.75, 3.05) is 25.4 Å². The number of rotatable bonds is 5. The Morgan fingerprint density at radius 3 is 2.71 bits per heavy atom. The topological polar surface area (TPSA) is 41.9 Å². The van der Waals surface area contributed by atoms with Gasteiger partial charge in [0.25, 0.3) is 0 Å². The molecule has 148 valence electrons. The van der Waals surface area contributed by atoms with Crippen molar-refractivity contribution in [2.45, 2.75) is 63.3 Å². The Kier molecular flexibility index (Phi) is 5.28. The van der Waals surface area contributed by atoms with Gasteiger partial charge in [0.15, 0.2) is 0 Å². The summed E-state index contributed by atoms with van der Waals surface area (Å²) in [5.74, 6) is 1.58. The highest BCUT2D eigenvalue weighted by atomic mass is 32.2. The lowest BCUT2D eigenvalue weighted by Gasteiger charge is -2.25. The molecule has 0 radical (unpaired) electrons. The number of thiophene rings is 1. The van der Waals surface area contributed by atoms with E-state index < -0.39 is 0 Å². The van der Waals surface area contributed by atoms with Gasteiger partial charge in [0, 0.05) is 23.4 Å². The van der Waals surface area contributed by atoms with E-state index in [1.54, 1.807) is 17.7 Å². The summed E-state index contributed by atoms with van der Waals surface area (Å²) in [5.41, 5.74) is 5.46. The Labute approximate surface area is 175 Å². The van der Waals surface area contributed by atoms with Gasteiger partial charge in [-0.1, -0.05) is 20.3 Å². The molecule has 0 amide bonds. The molecule has 0 unspecified atom stereocenters. The van der Waals surface area contributed by atoms with Crippen LogP contribution in [0.4, 0.5) is 0 Å². The average Bonchev–Trinajstić information content (AvgIpc) is 3.32. The number of aryl methyl sites for hydroxylation is 1. The summed E-state index contributed by atoms with van der Waals surface area (Å²) in [6.45, 7) is 8.21. The molecule has 4 heterocycles. The van der Waals surface area contributed by atoms with E-state index in [1.165, 1.54) is 78.5 Å². The fourth-order valence-corrected chi connectivity index (χ4v) is 6.99. The minimum Gasteiger partial charge on any atom is -0.303 e. The van der Waals surface area contributed by atoms with Gasteiger partial charge >= 0.3 is 0 Å². The van der Waals surface area contributed by atoms with Crippen molar-refractivity contribution in [3.05, 3.63) is 23.1 Å². The second-order valence-electron chi connectivity index (χ2n) is 8.35. The zero-order chi connectivity index (χ0) is 19.1. The molecule has 5 rings (SSSR count). The number of fused-ring (bicyclic) bond motifs is 5. The molecular formula is C22H28N4S2. The first kappa shape index (κ1) is 18.8. The van der Waals surface area contributed by atoms with Crippen molar-refractivity contribution < 1.29 is 0 Å². The number of pyridine rings is 1. The van der Waals surface area contributed by atoms with Crippen LogP contribution in [0.1, 0.15) is 62.3 Å². The van der Waals surface area contributed by atoms with Crippen LogP contribution in [0.2, 0.25) is 0 Å². The maximum atomic E-state index is 5.11. The summed E-state index contributed by atoms with van der Waals surface area (Å²) in [5, 5.41) is 2.46. The zero-order valence-corrected chi connectivity index (χ0v) is 18.5. The first-order valence-corrected chi connectivity index (χ1v) is 12.5. The van der Waals surface area contributed by atoms with Gasteiger partial charge in [0.05, 0.1) is 10.2 Å². The molecule has 1 aliphatic carbocycles. The number of likely N-dealkylation sites (tertiary alicyclic amines) is 1. The summed E-state index contributed by atoms with van der Waals surface area (Å²) in [6.07, 6.45) is 9.45. The van der Waals surface area contributed by atoms with Gasteiger partial charge in [-0.2, -0.15) is 0 Å². The van der Waals surface area contributed by atoms with Crippen LogP contribution in [-0.2, 0) is 12.8 Å². The molecule has 1 aliphatic heterocycles. The summed E-state index contributed by atoms with van der Waals surface area (Å²) >= 11 is 3.69. The van der Waals surface area contributed by atoms with E-state index in [0.29, 0.717) is 5.92 Å². The Morgan fingerprint density at radius 2 is 1.89 bits per heavy atom. The molecular weight excluding hydrogens is 384 g/mol. The third-order valence-electron chi connectivity index (χ3n) is 6.11. The smallest absolute Gasteiger partial charge is 0.126 e. The van der Waals surface area contributed by atoms with Gasteiger partial charge < -0.3 is 4.90 Å². The Hall–Kier alpha value is -1.24. The molecule has 0 N–H and O–H groups in total. The number of hydrogen-bond acceptors (Lipinski definition) is 6. The largest absolute Gasteiger partial charge is 0.303 e. The Morgan fingerprint density at radius 1 is 1.07 bits per heavy atom. The second-order valence-corrected chi connectivity index (χ2v) is 10.4. The van der Waals surface area contributed by atoms with Crippen LogP contribution >= 0.6 is 23.1 Å². The van der Waals surface area contributed by atoms with Crippen LogP contribution < -0.4 is 0 Å². The minimum absolute atomic E-state index is 0.478. The Balaban J connectivity index is 1.50. The number of aromatic nitrogens is 3. The van der Waals surface area contributed by atoms with Crippen LogP contribution in [0, 0.1) is 0 Å². The molecule has 6 heteroatoms. The van der Waals surface area contributed by atoms with Crippen molar-refractivity contribution in [1.29, 1.82) is 0 Å². The highest BCUT2D eigenvalue weighted by Crippen LogP contribution is 2.42. The zero-order valence-electron chi connectivity index (χ0n) is 16.8. The quantitative estimate of drug-likeness (QED) is 0.413. The third-order valence-corrected chi connectivity index (χ3v) is 8.29. The van der Waals surface area contributed by atoms with Crippen molar-refractivity contribution in [3.8, 4) is 0 Å². The molecule has 2 aliphatic rings. The third kappa shape index (κ3) is 3.33. The summed E-state index contributed by atoms with van der Waals surface area (Å²) in [4.78, 5) is 18.2. The highest BCUT2D eigenvalue weighted by Gasteiger charge is 2.25. The van der Waals surface area contributed by atoms with Crippen LogP contribution in [0.5, 0.6) is 0 Å². The molecule has 0 aromatic carbocycles. The fourth-order valence-electron chi connectivity index (χ4n) is 4.74. The Bertz CT molecular complexity index is 1000. The van der Waals surface area contributed by atoms with Crippen molar-refractivity contribution in [2.24, 2.45) is 0 Å². The van der Waals surface area contributed by atoms with Gasteiger partial charge in [-0.15, -0.1) is 23.1 Å². The molecule has 28 heavy (non-hydrogen) atoms. The van der Waals surface area contributed by atoms with Crippen molar-refractivity contribution in [1.82, 2.24) is 19.9 Å². The van der Waals surface area contributed by atoms with E-state index in [2.05, 4.69) is 23.7 Å². The van der Waals surface area contributed by atoms with E-state index in [9.17, 15) is 0 Å². The first-order chi connectivity index (χ1) is 13.7. The van der Waals surface area contributed by atoms with Crippen LogP contribution in [0.3, 0.4) is 0 Å². The summed E-state index contributed by atoms with van der Waals surface area (Å²) < 4.78 is 1.24. The van der Waals surface area contributed by atoms with E-state index >= 15 is 0 Å². The number of nitrogens with zero attached hydrogens (tertiary/aromatic N) is 4. The lowest BCUT2D eigenvalue weighted by atomic mass is 9.99. The molecule has 0 bridgehead atoms. The normalized spacial score (nSPS) is 17.8. The van der Waals surface area contributed by atoms with Crippen LogP contribution in [0.25, 0.3) is 20.4 Å². The van der Waals surface area contributed by atoms with E-state index in [4.69, 9.17) is 9.97 Å². The lowest BCUT2D eigenvalue weighted by molar-refractivity contribution is 0.242. The van der Waals surface area contributed by atoms with Gasteiger partial charge in [-0.05, 0) is 62.2 Å². The van der Waals surface area contributed by atoms with Gasteiger partial charge in [0.1, 0.15) is 16.2 Å². The van der Waals surface area contributed by atoms with Crippen LogP contribution in [0.15, 0.2) is 11.4 Å². The molecule has 4 nitrogen and oxygen atoms in total. The summed E-state index contributed by atoms with van der Waals surface area (Å²) in [7, 11) is 0. The van der Waals surface area contributed by atoms with E-state index in [0.717, 1.165) is 27.7 Å². The van der Waals surface area contributed by atoms with Gasteiger partial charge in [-0.3, -0.25) is 0 Å². The molecule has 0 spiro atoms. The lowest BCUT2D eigenvalue weighted by Crippen LogP contribution is -2.31. The monoisotopic (exact) mass is 412 g/mol. The average molecular weight is 413 g/mol. The molecule has 3 aromatic heterocycles. The number of hydrogen-bond donors (Lipinski definition) is 0. The SMILES string of the molecule is CC(C)c1nc2sc3c(SCCN4CCCCC4)ncnc3c2c2c1CCC2. The predicted octanol–water partition coefficient (Wildman–Crippen LogP) is 5.43. The molecule has 1 saturated heterocycles. The molecule has 1 fully saturated rings. The highest BCUT2D eigenvalue weighted by molar-refractivity contribution is 7.99. The fraction of sp³-hybridized carbons (Fsp3) is 0.591. The van der Waals surface area contributed by atoms with Crippen molar-refractivity contribution >= 4 is 43.5 Å². The predicted molar refractivity (Wildman–Crippen MR) is 120 cm³/mol.